The zero-order chi connectivity index (χ0) is 20.0. The molecule has 150 valence electrons. The van der Waals surface area contributed by atoms with Gasteiger partial charge in [-0.1, -0.05) is 34.1 Å². The van der Waals surface area contributed by atoms with Crippen LogP contribution >= 0.6 is 27.5 Å². The van der Waals surface area contributed by atoms with Crippen molar-refractivity contribution in [1.29, 1.82) is 0 Å². The Kier molecular flexibility index (Phi) is 8.20. The molecule has 4 nitrogen and oxygen atoms in total. The van der Waals surface area contributed by atoms with E-state index in [-0.39, 0.29) is 11.4 Å². The molecule has 1 fully saturated rings. The van der Waals surface area contributed by atoms with Crippen molar-refractivity contribution in [3.8, 4) is 0 Å². The van der Waals surface area contributed by atoms with E-state index < -0.39 is 0 Å². The summed E-state index contributed by atoms with van der Waals surface area (Å²) in [6.45, 7) is 13.5. The van der Waals surface area contributed by atoms with Crippen molar-refractivity contribution >= 4 is 39.1 Å². The lowest BCUT2D eigenvalue weighted by atomic mass is 10.0. The van der Waals surface area contributed by atoms with Gasteiger partial charge in [-0.2, -0.15) is 0 Å². The lowest BCUT2D eigenvalue weighted by Gasteiger charge is -2.24. The highest BCUT2D eigenvalue weighted by molar-refractivity contribution is 9.10. The second-order valence-corrected chi connectivity index (χ2v) is 9.74. The van der Waals surface area contributed by atoms with Crippen LogP contribution in [0.1, 0.15) is 45.6 Å². The van der Waals surface area contributed by atoms with E-state index in [0.29, 0.717) is 17.5 Å². The van der Waals surface area contributed by atoms with Crippen molar-refractivity contribution in [2.45, 2.75) is 45.6 Å². The maximum Gasteiger partial charge on any atom is 0.234 e. The van der Waals surface area contributed by atoms with E-state index in [4.69, 9.17) is 11.6 Å². The van der Waals surface area contributed by atoms with Crippen molar-refractivity contribution in [3.63, 3.8) is 0 Å². The molecule has 1 unspecified atom stereocenters. The second kappa shape index (κ2) is 9.94. The summed E-state index contributed by atoms with van der Waals surface area (Å²) in [5.74, 6) is 0.694. The molecule has 27 heavy (non-hydrogen) atoms. The maximum absolute atomic E-state index is 12.2. The average molecular weight is 457 g/mol. The predicted octanol–water partition coefficient (Wildman–Crippen LogP) is 4.68. The van der Waals surface area contributed by atoms with Crippen molar-refractivity contribution < 1.29 is 4.79 Å². The Morgan fingerprint density at radius 2 is 2.04 bits per heavy atom. The fraction of sp³-hybridized carbons (Fsp3) is 0.571. The van der Waals surface area contributed by atoms with Gasteiger partial charge in [0.15, 0.2) is 0 Å². The first-order valence-electron chi connectivity index (χ1n) is 9.55. The van der Waals surface area contributed by atoms with Crippen LogP contribution in [0.3, 0.4) is 0 Å². The zero-order valence-corrected chi connectivity index (χ0v) is 18.9. The average Bonchev–Trinajstić information content (AvgIpc) is 2.75. The van der Waals surface area contributed by atoms with Gasteiger partial charge in [-0.15, -0.1) is 0 Å². The molecule has 6 heteroatoms. The molecule has 1 aromatic carbocycles. The molecule has 0 bridgehead atoms. The number of carbonyl (C=O) groups is 1. The van der Waals surface area contributed by atoms with Crippen LogP contribution in [0.15, 0.2) is 29.3 Å². The minimum Gasteiger partial charge on any atom is -0.385 e. The fourth-order valence-corrected chi connectivity index (χ4v) is 4.21. The molecule has 1 aromatic rings. The summed E-state index contributed by atoms with van der Waals surface area (Å²) in [4.78, 5) is 14.4. The third-order valence-electron chi connectivity index (χ3n) is 4.64. The van der Waals surface area contributed by atoms with E-state index in [0.717, 1.165) is 54.6 Å². The molecular weight excluding hydrogens is 426 g/mol. The van der Waals surface area contributed by atoms with Gasteiger partial charge in [-0.25, -0.2) is 0 Å². The number of likely N-dealkylation sites (tertiary alicyclic amines) is 1. The van der Waals surface area contributed by atoms with Gasteiger partial charge in [-0.3, -0.25) is 9.69 Å². The van der Waals surface area contributed by atoms with Gasteiger partial charge in [0, 0.05) is 27.3 Å². The first-order valence-corrected chi connectivity index (χ1v) is 10.7. The maximum atomic E-state index is 12.2. The molecule has 0 radical (unpaired) electrons. The Balaban J connectivity index is 1.79. The minimum absolute atomic E-state index is 0.110. The highest BCUT2D eigenvalue weighted by Gasteiger charge is 2.21. The normalized spacial score (nSPS) is 18.6. The molecule has 1 saturated heterocycles. The molecule has 2 N–H and O–H groups in total. The Hall–Kier alpha value is -1.04. The monoisotopic (exact) mass is 455 g/mol. The molecule has 1 heterocycles. The van der Waals surface area contributed by atoms with Crippen LogP contribution < -0.4 is 10.6 Å². The number of halogens is 2. The lowest BCUT2D eigenvalue weighted by molar-refractivity contribution is -0.123. The Morgan fingerprint density at radius 1 is 1.30 bits per heavy atom. The smallest absolute Gasteiger partial charge is 0.234 e. The third-order valence-corrected chi connectivity index (χ3v) is 5.31. The van der Waals surface area contributed by atoms with Crippen LogP contribution in [0.25, 0.3) is 5.70 Å². The van der Waals surface area contributed by atoms with E-state index in [9.17, 15) is 4.79 Å². The number of benzene rings is 1. The number of nitrogens with one attached hydrogen (secondary N) is 2. The largest absolute Gasteiger partial charge is 0.385 e. The van der Waals surface area contributed by atoms with Crippen LogP contribution in [0.2, 0.25) is 5.02 Å². The summed E-state index contributed by atoms with van der Waals surface area (Å²) in [6.07, 6.45) is 3.36. The van der Waals surface area contributed by atoms with Gasteiger partial charge in [0.2, 0.25) is 5.91 Å². The SMILES string of the molecule is C=C(NCC1CCCN(CC(=O)NC(C)(C)C)CC1)c1cc(Cl)cc(Br)c1. The van der Waals surface area contributed by atoms with Crippen LogP contribution in [0.4, 0.5) is 0 Å². The highest BCUT2D eigenvalue weighted by Crippen LogP contribution is 2.23. The van der Waals surface area contributed by atoms with Crippen LogP contribution in [0.5, 0.6) is 0 Å². The number of amides is 1. The quantitative estimate of drug-likeness (QED) is 0.653. The molecule has 0 spiro atoms. The van der Waals surface area contributed by atoms with E-state index in [2.05, 4.69) is 38.0 Å². The van der Waals surface area contributed by atoms with Gasteiger partial charge in [0.05, 0.1) is 6.54 Å². The summed E-state index contributed by atoms with van der Waals surface area (Å²) >= 11 is 9.60. The molecular formula is C21H31BrClN3O. The third kappa shape index (κ3) is 8.24. The van der Waals surface area contributed by atoms with E-state index in [1.807, 2.05) is 39.0 Å². The Morgan fingerprint density at radius 3 is 2.70 bits per heavy atom. The van der Waals surface area contributed by atoms with Gasteiger partial charge < -0.3 is 10.6 Å². The second-order valence-electron chi connectivity index (χ2n) is 8.39. The predicted molar refractivity (Wildman–Crippen MR) is 118 cm³/mol. The molecule has 2 rings (SSSR count). The minimum atomic E-state index is -0.176. The van der Waals surface area contributed by atoms with E-state index >= 15 is 0 Å². The van der Waals surface area contributed by atoms with E-state index in [1.54, 1.807) is 0 Å². The van der Waals surface area contributed by atoms with Crippen LogP contribution in [-0.2, 0) is 4.79 Å². The molecule has 1 aliphatic heterocycles. The summed E-state index contributed by atoms with van der Waals surface area (Å²) in [6, 6.07) is 5.81. The number of carbonyl (C=O) groups excluding carboxylic acids is 1. The van der Waals surface area contributed by atoms with Gasteiger partial charge in [0.1, 0.15) is 0 Å². The number of rotatable bonds is 6. The van der Waals surface area contributed by atoms with Crippen LogP contribution in [-0.4, -0.2) is 42.5 Å². The summed E-state index contributed by atoms with van der Waals surface area (Å²) in [7, 11) is 0. The Labute approximate surface area is 176 Å². The number of nitrogens with zero attached hydrogens (tertiary/aromatic N) is 1. The van der Waals surface area contributed by atoms with Crippen molar-refractivity contribution in [1.82, 2.24) is 15.5 Å². The molecule has 1 amide bonds. The first kappa shape index (κ1) is 22.3. The van der Waals surface area contributed by atoms with Gasteiger partial charge in [-0.05, 0) is 82.8 Å². The number of hydrogen-bond acceptors (Lipinski definition) is 3. The van der Waals surface area contributed by atoms with Gasteiger partial charge in [0.25, 0.3) is 0 Å². The van der Waals surface area contributed by atoms with Crippen molar-refractivity contribution in [2.75, 3.05) is 26.2 Å². The highest BCUT2D eigenvalue weighted by atomic mass is 79.9. The topological polar surface area (TPSA) is 44.4 Å². The summed E-state index contributed by atoms with van der Waals surface area (Å²) in [5.41, 5.74) is 1.72. The van der Waals surface area contributed by atoms with Crippen molar-refractivity contribution in [2.24, 2.45) is 5.92 Å². The van der Waals surface area contributed by atoms with Gasteiger partial charge >= 0.3 is 0 Å². The summed E-state index contributed by atoms with van der Waals surface area (Å²) in [5, 5.41) is 7.21. The molecule has 0 aliphatic carbocycles. The van der Waals surface area contributed by atoms with Crippen LogP contribution in [0, 0.1) is 5.92 Å². The number of hydrogen-bond donors (Lipinski definition) is 2. The Bertz CT molecular complexity index is 652. The molecule has 1 atom stereocenters. The zero-order valence-electron chi connectivity index (χ0n) is 16.6. The van der Waals surface area contributed by atoms with E-state index in [1.165, 1.54) is 0 Å². The molecule has 1 aliphatic rings. The van der Waals surface area contributed by atoms with Crippen molar-refractivity contribution in [3.05, 3.63) is 39.8 Å². The molecule has 0 saturated carbocycles. The summed E-state index contributed by atoms with van der Waals surface area (Å²) < 4.78 is 0.951. The fourth-order valence-electron chi connectivity index (χ4n) is 3.35. The first-order chi connectivity index (χ1) is 12.6. The molecule has 0 aromatic heterocycles. The standard InChI is InChI=1S/C21H31BrClN3O/c1-15(17-10-18(22)12-19(23)11-17)24-13-16-6-5-8-26(9-7-16)14-20(27)25-21(2,3)4/h10-12,16,24H,1,5-9,13-14H2,2-4H3,(H,25,27). The lowest BCUT2D eigenvalue weighted by Crippen LogP contribution is -2.46.